The molecule has 0 heterocycles. The number of aryl methyl sites for hydroxylation is 2. The summed E-state index contributed by atoms with van der Waals surface area (Å²) >= 11 is 6.07. The van der Waals surface area contributed by atoms with Gasteiger partial charge in [0.25, 0.3) is 0 Å². The summed E-state index contributed by atoms with van der Waals surface area (Å²) in [6.45, 7) is 4.35. The minimum atomic E-state index is 0.583. The van der Waals surface area contributed by atoms with Crippen LogP contribution in [0.2, 0.25) is 0 Å². The molecule has 2 rings (SSSR count). The van der Waals surface area contributed by atoms with E-state index < -0.39 is 0 Å². The van der Waals surface area contributed by atoms with Crippen LogP contribution in [0, 0.1) is 13.8 Å². The SMILES string of the molecule is Cc1cccc(C)c1-c1c([SiH3])cccc1CCl. The normalized spacial score (nSPS) is 10.8. The summed E-state index contributed by atoms with van der Waals surface area (Å²) in [6, 6.07) is 12.9. The Morgan fingerprint density at radius 2 is 1.53 bits per heavy atom. The fraction of sp³-hybridized carbons (Fsp3) is 0.200. The molecule has 0 nitrogen and oxygen atoms in total. The number of alkyl halides is 1. The molecule has 0 aliphatic heterocycles. The first-order valence-electron chi connectivity index (χ1n) is 5.86. The zero-order valence-corrected chi connectivity index (χ0v) is 13.3. The van der Waals surface area contributed by atoms with Crippen LogP contribution >= 0.6 is 11.6 Å². The van der Waals surface area contributed by atoms with Gasteiger partial charge in [0.1, 0.15) is 0 Å². The maximum absolute atomic E-state index is 6.07. The van der Waals surface area contributed by atoms with Gasteiger partial charge < -0.3 is 0 Å². The molecular formula is C15H17ClSi. The third kappa shape index (κ3) is 2.31. The molecular weight excluding hydrogens is 244 g/mol. The van der Waals surface area contributed by atoms with Crippen LogP contribution in [0.4, 0.5) is 0 Å². The Morgan fingerprint density at radius 3 is 2.12 bits per heavy atom. The molecule has 0 saturated carbocycles. The van der Waals surface area contributed by atoms with Gasteiger partial charge in [0.2, 0.25) is 0 Å². The molecule has 2 aromatic rings. The minimum absolute atomic E-state index is 0.583. The van der Waals surface area contributed by atoms with Crippen LogP contribution in [0.3, 0.4) is 0 Å². The van der Waals surface area contributed by atoms with Crippen molar-refractivity contribution in [3.05, 3.63) is 53.1 Å². The second kappa shape index (κ2) is 5.07. The fourth-order valence-electron chi connectivity index (χ4n) is 2.41. The van der Waals surface area contributed by atoms with Crippen molar-refractivity contribution in [2.45, 2.75) is 19.7 Å². The van der Waals surface area contributed by atoms with E-state index in [0.717, 1.165) is 10.2 Å². The number of rotatable bonds is 2. The molecule has 2 aromatic carbocycles. The summed E-state index contributed by atoms with van der Waals surface area (Å²) in [5.74, 6) is 0.583. The first-order chi connectivity index (χ1) is 8.15. The topological polar surface area (TPSA) is 0 Å². The van der Waals surface area contributed by atoms with Crippen molar-refractivity contribution in [2.24, 2.45) is 0 Å². The highest BCUT2D eigenvalue weighted by molar-refractivity contribution is 6.36. The molecule has 0 amide bonds. The number of halogens is 1. The van der Waals surface area contributed by atoms with Crippen LogP contribution in [0.1, 0.15) is 16.7 Å². The lowest BCUT2D eigenvalue weighted by molar-refractivity contribution is 1.34. The van der Waals surface area contributed by atoms with Crippen molar-refractivity contribution >= 4 is 27.0 Å². The van der Waals surface area contributed by atoms with Crippen LogP contribution in [-0.4, -0.2) is 10.2 Å². The monoisotopic (exact) mass is 260 g/mol. The number of benzene rings is 2. The Balaban J connectivity index is 2.76. The van der Waals surface area contributed by atoms with Crippen LogP contribution in [0.15, 0.2) is 36.4 Å². The van der Waals surface area contributed by atoms with E-state index in [-0.39, 0.29) is 0 Å². The van der Waals surface area contributed by atoms with E-state index in [1.807, 2.05) is 0 Å². The van der Waals surface area contributed by atoms with E-state index in [4.69, 9.17) is 11.6 Å². The molecule has 0 N–H and O–H groups in total. The van der Waals surface area contributed by atoms with Crippen LogP contribution < -0.4 is 5.19 Å². The van der Waals surface area contributed by atoms with Crippen molar-refractivity contribution in [3.63, 3.8) is 0 Å². The van der Waals surface area contributed by atoms with Gasteiger partial charge >= 0.3 is 0 Å². The minimum Gasteiger partial charge on any atom is -0.122 e. The second-order valence-corrected chi connectivity index (χ2v) is 5.85. The van der Waals surface area contributed by atoms with E-state index in [9.17, 15) is 0 Å². The Labute approximate surface area is 111 Å². The van der Waals surface area contributed by atoms with Crippen molar-refractivity contribution in [3.8, 4) is 11.1 Å². The van der Waals surface area contributed by atoms with Crippen molar-refractivity contribution in [1.82, 2.24) is 0 Å². The molecule has 0 radical (unpaired) electrons. The van der Waals surface area contributed by atoms with Gasteiger partial charge in [-0.15, -0.1) is 11.6 Å². The molecule has 0 aliphatic carbocycles. The molecule has 0 saturated heterocycles. The summed E-state index contributed by atoms with van der Waals surface area (Å²) in [7, 11) is 1.05. The lowest BCUT2D eigenvalue weighted by atomic mass is 9.93. The zero-order chi connectivity index (χ0) is 12.4. The second-order valence-electron chi connectivity index (χ2n) is 4.51. The maximum atomic E-state index is 6.07. The van der Waals surface area contributed by atoms with Crippen LogP contribution in [0.5, 0.6) is 0 Å². The van der Waals surface area contributed by atoms with Gasteiger partial charge in [-0.2, -0.15) is 0 Å². The van der Waals surface area contributed by atoms with Gasteiger partial charge in [-0.05, 0) is 41.7 Å². The summed E-state index contributed by atoms with van der Waals surface area (Å²) in [6.07, 6.45) is 0. The van der Waals surface area contributed by atoms with Crippen molar-refractivity contribution in [2.75, 3.05) is 0 Å². The third-order valence-electron chi connectivity index (χ3n) is 3.23. The standard InChI is InChI=1S/C15H17ClSi/c1-10-5-3-6-11(2)14(10)15-12(9-16)7-4-8-13(15)17/h3-8H,9H2,1-2,17H3. The van der Waals surface area contributed by atoms with Gasteiger partial charge in [0.05, 0.1) is 0 Å². The Hall–Kier alpha value is -1.05. The zero-order valence-electron chi connectivity index (χ0n) is 10.5. The highest BCUT2D eigenvalue weighted by Gasteiger charge is 2.11. The van der Waals surface area contributed by atoms with E-state index in [1.54, 1.807) is 0 Å². The maximum Gasteiger partial charge on any atom is 0.0480 e. The van der Waals surface area contributed by atoms with Crippen LogP contribution in [0.25, 0.3) is 11.1 Å². The lowest BCUT2D eigenvalue weighted by Gasteiger charge is -2.16. The van der Waals surface area contributed by atoms with Crippen LogP contribution in [-0.2, 0) is 5.88 Å². The molecule has 88 valence electrons. The Morgan fingerprint density at radius 1 is 0.941 bits per heavy atom. The van der Waals surface area contributed by atoms with E-state index in [2.05, 4.69) is 50.2 Å². The summed E-state index contributed by atoms with van der Waals surface area (Å²) in [4.78, 5) is 0. The molecule has 0 unspecified atom stereocenters. The highest BCUT2D eigenvalue weighted by Crippen LogP contribution is 2.29. The average molecular weight is 261 g/mol. The highest BCUT2D eigenvalue weighted by atomic mass is 35.5. The molecule has 0 bridgehead atoms. The predicted octanol–water partition coefficient (Wildman–Crippen LogP) is 2.70. The van der Waals surface area contributed by atoms with Gasteiger partial charge in [0, 0.05) is 16.1 Å². The molecule has 0 aliphatic rings. The largest absolute Gasteiger partial charge is 0.122 e. The Bertz CT molecular complexity index is 526. The first-order valence-corrected chi connectivity index (χ1v) is 7.39. The molecule has 0 spiro atoms. The van der Waals surface area contributed by atoms with E-state index in [0.29, 0.717) is 5.88 Å². The number of hydrogen-bond donors (Lipinski definition) is 0. The van der Waals surface area contributed by atoms with Crippen molar-refractivity contribution in [1.29, 1.82) is 0 Å². The predicted molar refractivity (Wildman–Crippen MR) is 80.5 cm³/mol. The van der Waals surface area contributed by atoms with E-state index in [1.165, 1.54) is 33.0 Å². The summed E-state index contributed by atoms with van der Waals surface area (Å²) in [5, 5.41) is 1.43. The smallest absolute Gasteiger partial charge is 0.0480 e. The molecule has 2 heteroatoms. The van der Waals surface area contributed by atoms with Gasteiger partial charge in [-0.25, -0.2) is 0 Å². The Kier molecular flexibility index (Phi) is 3.70. The summed E-state index contributed by atoms with van der Waals surface area (Å²) < 4.78 is 0. The van der Waals surface area contributed by atoms with E-state index >= 15 is 0 Å². The first kappa shape index (κ1) is 12.4. The van der Waals surface area contributed by atoms with Gasteiger partial charge in [0.15, 0.2) is 0 Å². The van der Waals surface area contributed by atoms with Crippen molar-refractivity contribution < 1.29 is 0 Å². The number of hydrogen-bond acceptors (Lipinski definition) is 0. The third-order valence-corrected chi connectivity index (χ3v) is 4.36. The molecule has 17 heavy (non-hydrogen) atoms. The molecule has 0 aromatic heterocycles. The average Bonchev–Trinajstić information content (AvgIpc) is 2.30. The quantitative estimate of drug-likeness (QED) is 0.575. The summed E-state index contributed by atoms with van der Waals surface area (Å²) in [5.41, 5.74) is 6.65. The fourth-order valence-corrected chi connectivity index (χ4v) is 3.39. The lowest BCUT2D eigenvalue weighted by Crippen LogP contribution is -2.10. The molecule has 0 atom stereocenters. The molecule has 0 fully saturated rings. The van der Waals surface area contributed by atoms with Gasteiger partial charge in [-0.3, -0.25) is 0 Å². The van der Waals surface area contributed by atoms with Gasteiger partial charge in [-0.1, -0.05) is 41.6 Å².